The average Bonchev–Trinajstić information content (AvgIpc) is 2.87. The van der Waals surface area contributed by atoms with Gasteiger partial charge in [0.2, 0.25) is 0 Å². The fraction of sp³-hybridized carbons (Fsp3) is 0.800. The van der Waals surface area contributed by atoms with Crippen LogP contribution < -0.4 is 4.72 Å². The van der Waals surface area contributed by atoms with Crippen LogP contribution in [0, 0.1) is 0 Å². The molecule has 1 aliphatic rings. The fourth-order valence-electron chi connectivity index (χ4n) is 2.57. The second-order valence-electron chi connectivity index (χ2n) is 6.98. The third-order valence-electron chi connectivity index (χ3n) is 3.99. The molecule has 2 heterocycles. The van der Waals surface area contributed by atoms with Gasteiger partial charge >= 0.3 is 0 Å². The van der Waals surface area contributed by atoms with Crippen molar-refractivity contribution in [1.29, 1.82) is 0 Å². The first kappa shape index (κ1) is 17.8. The first-order valence-corrected chi connectivity index (χ1v) is 10.2. The molecule has 1 fully saturated rings. The van der Waals surface area contributed by atoms with Crippen molar-refractivity contribution >= 4 is 21.5 Å². The Morgan fingerprint density at radius 2 is 2.14 bits per heavy atom. The summed E-state index contributed by atoms with van der Waals surface area (Å²) in [5.74, 6) is 0. The maximum absolute atomic E-state index is 12.3. The van der Waals surface area contributed by atoms with Crippen LogP contribution in [0.2, 0.25) is 0 Å². The predicted molar refractivity (Wildman–Crippen MR) is 91.5 cm³/mol. The Morgan fingerprint density at radius 3 is 2.73 bits per heavy atom. The van der Waals surface area contributed by atoms with Crippen molar-refractivity contribution in [1.82, 2.24) is 14.0 Å². The van der Waals surface area contributed by atoms with Gasteiger partial charge in [-0.1, -0.05) is 27.2 Å². The van der Waals surface area contributed by atoms with Crippen molar-refractivity contribution in [3.05, 3.63) is 16.1 Å². The second kappa shape index (κ2) is 6.95. The summed E-state index contributed by atoms with van der Waals surface area (Å²) >= 11 is 1.60. The lowest BCUT2D eigenvalue weighted by atomic mass is 9.93. The van der Waals surface area contributed by atoms with Crippen LogP contribution in [0.1, 0.15) is 57.7 Å². The number of aromatic nitrogens is 1. The monoisotopic (exact) mass is 345 g/mol. The molecule has 22 heavy (non-hydrogen) atoms. The van der Waals surface area contributed by atoms with E-state index in [1.807, 2.05) is 6.92 Å². The fourth-order valence-corrected chi connectivity index (χ4v) is 5.07. The first-order valence-electron chi connectivity index (χ1n) is 7.91. The van der Waals surface area contributed by atoms with Crippen molar-refractivity contribution in [2.75, 3.05) is 13.1 Å². The summed E-state index contributed by atoms with van der Waals surface area (Å²) in [6.07, 6.45) is 3.65. The molecule has 0 aromatic carbocycles. The van der Waals surface area contributed by atoms with Crippen molar-refractivity contribution in [2.24, 2.45) is 0 Å². The van der Waals surface area contributed by atoms with E-state index in [0.29, 0.717) is 19.5 Å². The number of piperidine rings is 1. The Morgan fingerprint density at radius 1 is 1.41 bits per heavy atom. The van der Waals surface area contributed by atoms with Crippen LogP contribution in [0.3, 0.4) is 0 Å². The second-order valence-corrected chi connectivity index (χ2v) is 9.63. The molecule has 1 saturated heterocycles. The lowest BCUT2D eigenvalue weighted by Crippen LogP contribution is -2.48. The van der Waals surface area contributed by atoms with E-state index in [-0.39, 0.29) is 11.5 Å². The molecule has 0 saturated carbocycles. The zero-order valence-corrected chi connectivity index (χ0v) is 15.6. The molecule has 0 unspecified atom stereocenters. The summed E-state index contributed by atoms with van der Waals surface area (Å²) in [7, 11) is -3.36. The van der Waals surface area contributed by atoms with E-state index in [0.717, 1.165) is 30.0 Å². The topological polar surface area (TPSA) is 62.3 Å². The lowest BCUT2D eigenvalue weighted by Gasteiger charge is -2.32. The van der Waals surface area contributed by atoms with Gasteiger partial charge in [0.1, 0.15) is 0 Å². The van der Waals surface area contributed by atoms with Crippen LogP contribution in [0.5, 0.6) is 0 Å². The highest BCUT2D eigenvalue weighted by Crippen LogP contribution is 2.24. The SMILES string of the molecule is C[C@@H]1CCCCN1S(=O)(=O)NCCc1nc(C(C)(C)C)cs1. The Bertz CT molecular complexity index is 590. The van der Waals surface area contributed by atoms with E-state index < -0.39 is 10.2 Å². The highest BCUT2D eigenvalue weighted by Gasteiger charge is 2.29. The van der Waals surface area contributed by atoms with Crippen molar-refractivity contribution in [3.63, 3.8) is 0 Å². The quantitative estimate of drug-likeness (QED) is 0.892. The molecule has 2 rings (SSSR count). The van der Waals surface area contributed by atoms with E-state index in [4.69, 9.17) is 0 Å². The van der Waals surface area contributed by atoms with Gasteiger partial charge in [-0.05, 0) is 19.8 Å². The Labute approximate surface area is 138 Å². The van der Waals surface area contributed by atoms with Crippen LogP contribution in [-0.2, 0) is 22.0 Å². The molecule has 0 spiro atoms. The molecule has 7 heteroatoms. The third kappa shape index (κ3) is 4.50. The summed E-state index contributed by atoms with van der Waals surface area (Å²) in [4.78, 5) is 4.60. The number of nitrogens with zero attached hydrogens (tertiary/aromatic N) is 2. The minimum absolute atomic E-state index is 0.0392. The molecule has 0 radical (unpaired) electrons. The van der Waals surface area contributed by atoms with Crippen LogP contribution in [0.15, 0.2) is 5.38 Å². The zero-order chi connectivity index (χ0) is 16.4. The smallest absolute Gasteiger partial charge is 0.246 e. The maximum Gasteiger partial charge on any atom is 0.279 e. The highest BCUT2D eigenvalue weighted by molar-refractivity contribution is 7.87. The third-order valence-corrected chi connectivity index (χ3v) is 6.63. The van der Waals surface area contributed by atoms with Crippen molar-refractivity contribution in [2.45, 2.75) is 64.8 Å². The van der Waals surface area contributed by atoms with Gasteiger partial charge < -0.3 is 0 Å². The Balaban J connectivity index is 1.88. The summed E-state index contributed by atoms with van der Waals surface area (Å²) in [6.45, 7) is 9.41. The van der Waals surface area contributed by atoms with Crippen molar-refractivity contribution < 1.29 is 8.42 Å². The van der Waals surface area contributed by atoms with Gasteiger partial charge in [0.15, 0.2) is 0 Å². The number of hydrogen-bond donors (Lipinski definition) is 1. The van der Waals surface area contributed by atoms with E-state index >= 15 is 0 Å². The summed E-state index contributed by atoms with van der Waals surface area (Å²) in [5, 5.41) is 3.05. The standard InChI is InChI=1S/C15H27N3O2S2/c1-12-7-5-6-10-18(12)22(19,20)16-9-8-14-17-13(11-21-14)15(2,3)4/h11-12,16H,5-10H2,1-4H3/t12-/m1/s1. The van der Waals surface area contributed by atoms with E-state index in [1.54, 1.807) is 15.6 Å². The normalized spacial score (nSPS) is 21.2. The van der Waals surface area contributed by atoms with Gasteiger partial charge in [0.25, 0.3) is 10.2 Å². The van der Waals surface area contributed by atoms with E-state index in [9.17, 15) is 8.42 Å². The maximum atomic E-state index is 12.3. The molecule has 0 amide bonds. The largest absolute Gasteiger partial charge is 0.279 e. The van der Waals surface area contributed by atoms with Crippen LogP contribution in [0.25, 0.3) is 0 Å². The molecule has 5 nitrogen and oxygen atoms in total. The number of rotatable bonds is 5. The molecule has 1 atom stereocenters. The molecular formula is C15H27N3O2S2. The minimum atomic E-state index is -3.36. The van der Waals surface area contributed by atoms with Crippen LogP contribution in [-0.4, -0.2) is 36.8 Å². The molecule has 0 bridgehead atoms. The van der Waals surface area contributed by atoms with Gasteiger partial charge in [-0.25, -0.2) is 9.71 Å². The minimum Gasteiger partial charge on any atom is -0.246 e. The number of hydrogen-bond acceptors (Lipinski definition) is 4. The lowest BCUT2D eigenvalue weighted by molar-refractivity contribution is 0.265. The Kier molecular flexibility index (Phi) is 5.63. The van der Waals surface area contributed by atoms with Gasteiger partial charge in [-0.2, -0.15) is 12.7 Å². The van der Waals surface area contributed by atoms with Crippen LogP contribution in [0.4, 0.5) is 0 Å². The number of thiazole rings is 1. The summed E-state index contributed by atoms with van der Waals surface area (Å²) < 4.78 is 29.0. The molecule has 1 aliphatic heterocycles. The molecule has 1 N–H and O–H groups in total. The Hall–Kier alpha value is -0.500. The molecule has 0 aliphatic carbocycles. The highest BCUT2D eigenvalue weighted by atomic mass is 32.2. The van der Waals surface area contributed by atoms with Crippen molar-refractivity contribution in [3.8, 4) is 0 Å². The molecule has 1 aromatic rings. The van der Waals surface area contributed by atoms with Gasteiger partial charge in [-0.15, -0.1) is 11.3 Å². The van der Waals surface area contributed by atoms with Gasteiger partial charge in [0, 0.05) is 36.3 Å². The average molecular weight is 346 g/mol. The van der Waals surface area contributed by atoms with Gasteiger partial charge in [-0.3, -0.25) is 0 Å². The van der Waals surface area contributed by atoms with E-state index in [1.165, 1.54) is 0 Å². The molecular weight excluding hydrogens is 318 g/mol. The van der Waals surface area contributed by atoms with Gasteiger partial charge in [0.05, 0.1) is 10.7 Å². The number of nitrogens with one attached hydrogen (secondary N) is 1. The molecule has 1 aromatic heterocycles. The van der Waals surface area contributed by atoms with Crippen LogP contribution >= 0.6 is 11.3 Å². The molecule has 126 valence electrons. The first-order chi connectivity index (χ1) is 10.2. The summed E-state index contributed by atoms with van der Waals surface area (Å²) in [5.41, 5.74) is 1.11. The summed E-state index contributed by atoms with van der Waals surface area (Å²) in [6, 6.07) is 0.0959. The predicted octanol–water partition coefficient (Wildman–Crippen LogP) is 2.69. The van der Waals surface area contributed by atoms with E-state index in [2.05, 4.69) is 35.9 Å². The zero-order valence-electron chi connectivity index (χ0n) is 13.9.